The molecule has 0 radical (unpaired) electrons. The molecule has 1 amide bonds. The van der Waals surface area contributed by atoms with Crippen molar-refractivity contribution in [1.82, 2.24) is 9.97 Å². The summed E-state index contributed by atoms with van der Waals surface area (Å²) in [7, 11) is 1.35. The van der Waals surface area contributed by atoms with E-state index in [0.717, 1.165) is 40.8 Å². The Balaban J connectivity index is 1.45. The maximum atomic E-state index is 12.9. The Hall–Kier alpha value is -3.19. The molecule has 4 rings (SSSR count). The first-order chi connectivity index (χ1) is 14.6. The summed E-state index contributed by atoms with van der Waals surface area (Å²) in [5.41, 5.74) is 9.48. The number of esters is 1. The minimum absolute atomic E-state index is 0.00458. The van der Waals surface area contributed by atoms with Crippen molar-refractivity contribution < 1.29 is 14.3 Å². The minimum Gasteiger partial charge on any atom is -0.468 e. The molecule has 2 aromatic heterocycles. The average molecular weight is 406 g/mol. The lowest BCUT2D eigenvalue weighted by molar-refractivity contribution is -0.143. The summed E-state index contributed by atoms with van der Waals surface area (Å²) in [6, 6.07) is 13.2. The molecule has 1 aliphatic rings. The highest BCUT2D eigenvalue weighted by atomic mass is 16.5. The van der Waals surface area contributed by atoms with Gasteiger partial charge in [0.1, 0.15) is 11.7 Å². The predicted octanol–water partition coefficient (Wildman–Crippen LogP) is 3.48. The first-order valence-corrected chi connectivity index (χ1v) is 10.2. The lowest BCUT2D eigenvalue weighted by Crippen LogP contribution is -2.41. The fourth-order valence-electron chi connectivity index (χ4n) is 4.21. The van der Waals surface area contributed by atoms with Gasteiger partial charge >= 0.3 is 5.97 Å². The van der Waals surface area contributed by atoms with Crippen molar-refractivity contribution in [1.29, 1.82) is 0 Å². The number of aromatic amines is 1. The topological polar surface area (TPSA) is 110 Å². The van der Waals surface area contributed by atoms with E-state index in [2.05, 4.69) is 15.3 Å². The number of nitrogens with one attached hydrogen (secondary N) is 2. The van der Waals surface area contributed by atoms with E-state index >= 15 is 0 Å². The molecule has 0 spiro atoms. The molecule has 1 fully saturated rings. The van der Waals surface area contributed by atoms with Gasteiger partial charge in [0.15, 0.2) is 0 Å². The molecule has 0 saturated heterocycles. The van der Waals surface area contributed by atoms with Crippen LogP contribution in [0.25, 0.3) is 22.3 Å². The second kappa shape index (κ2) is 8.67. The van der Waals surface area contributed by atoms with Crippen molar-refractivity contribution in [2.24, 2.45) is 17.6 Å². The smallest absolute Gasteiger partial charge is 0.322 e. The van der Waals surface area contributed by atoms with Gasteiger partial charge in [-0.3, -0.25) is 9.59 Å². The van der Waals surface area contributed by atoms with E-state index in [4.69, 9.17) is 10.5 Å². The Morgan fingerprint density at radius 2 is 1.90 bits per heavy atom. The summed E-state index contributed by atoms with van der Waals surface area (Å²) in [5, 5.41) is 3.96. The predicted molar refractivity (Wildman–Crippen MR) is 116 cm³/mol. The van der Waals surface area contributed by atoms with E-state index in [1.165, 1.54) is 7.11 Å². The second-order valence-electron chi connectivity index (χ2n) is 7.82. The molecule has 1 atom stereocenters. The SMILES string of the molecule is COC(=O)[C@@H](N)[C@H]1CC[C@H](C(=O)Nc2ccnc3[nH]c(-c4ccccc4)cc23)CC1. The molecule has 0 unspecified atom stereocenters. The molecular formula is C23H26N4O3. The standard InChI is InChI=1S/C23H26N4O3/c1-30-23(29)20(24)15-7-9-16(10-8-15)22(28)27-18-11-12-25-21-17(18)13-19(26-21)14-5-3-2-4-6-14/h2-6,11-13,15-16,20H,7-10,24H2,1H3,(H2,25,26,27,28)/t15-,16-,20-/m0/s1. The Morgan fingerprint density at radius 3 is 2.60 bits per heavy atom. The van der Waals surface area contributed by atoms with Crippen molar-refractivity contribution in [2.45, 2.75) is 31.7 Å². The van der Waals surface area contributed by atoms with Crippen LogP contribution in [0.4, 0.5) is 5.69 Å². The van der Waals surface area contributed by atoms with Gasteiger partial charge in [0.05, 0.1) is 12.8 Å². The third-order valence-corrected chi connectivity index (χ3v) is 6.00. The number of anilines is 1. The van der Waals surface area contributed by atoms with Crippen molar-refractivity contribution >= 4 is 28.6 Å². The number of carbonyl (C=O) groups excluding carboxylic acids is 2. The van der Waals surface area contributed by atoms with E-state index in [0.29, 0.717) is 12.8 Å². The van der Waals surface area contributed by atoms with E-state index < -0.39 is 6.04 Å². The van der Waals surface area contributed by atoms with Gasteiger partial charge < -0.3 is 20.8 Å². The van der Waals surface area contributed by atoms with Crippen LogP contribution in [0.2, 0.25) is 0 Å². The number of carbonyl (C=O) groups is 2. The monoisotopic (exact) mass is 406 g/mol. The number of nitrogens with zero attached hydrogens (tertiary/aromatic N) is 1. The van der Waals surface area contributed by atoms with Gasteiger partial charge in [-0.25, -0.2) is 4.98 Å². The Labute approximate surface area is 175 Å². The molecule has 156 valence electrons. The number of fused-ring (bicyclic) bond motifs is 1. The number of benzene rings is 1. The zero-order valence-electron chi connectivity index (χ0n) is 16.9. The molecule has 0 aliphatic heterocycles. The zero-order chi connectivity index (χ0) is 21.1. The van der Waals surface area contributed by atoms with Crippen LogP contribution in [0.5, 0.6) is 0 Å². The van der Waals surface area contributed by atoms with E-state index in [1.54, 1.807) is 6.20 Å². The van der Waals surface area contributed by atoms with Gasteiger partial charge in [-0.05, 0) is 49.3 Å². The molecular weight excluding hydrogens is 380 g/mol. The molecule has 2 heterocycles. The number of rotatable bonds is 5. The molecule has 3 aromatic rings. The van der Waals surface area contributed by atoms with Gasteiger partial charge in [-0.1, -0.05) is 30.3 Å². The highest BCUT2D eigenvalue weighted by Gasteiger charge is 2.32. The third-order valence-electron chi connectivity index (χ3n) is 6.00. The minimum atomic E-state index is -0.616. The fourth-order valence-corrected chi connectivity index (χ4v) is 4.21. The maximum Gasteiger partial charge on any atom is 0.322 e. The lowest BCUT2D eigenvalue weighted by atomic mass is 9.78. The number of pyridine rings is 1. The van der Waals surface area contributed by atoms with Crippen molar-refractivity contribution in [2.75, 3.05) is 12.4 Å². The number of hydrogen-bond acceptors (Lipinski definition) is 5. The van der Waals surface area contributed by atoms with Gasteiger partial charge in [-0.15, -0.1) is 0 Å². The summed E-state index contributed by atoms with van der Waals surface area (Å²) in [6.07, 6.45) is 4.58. The van der Waals surface area contributed by atoms with Gasteiger partial charge in [0.2, 0.25) is 5.91 Å². The molecule has 7 heteroatoms. The number of H-pyrrole nitrogens is 1. The third kappa shape index (κ3) is 4.07. The molecule has 1 saturated carbocycles. The molecule has 30 heavy (non-hydrogen) atoms. The van der Waals surface area contributed by atoms with Crippen LogP contribution >= 0.6 is 0 Å². The Bertz CT molecular complexity index is 1040. The first kappa shape index (κ1) is 20.1. The van der Waals surface area contributed by atoms with Crippen molar-refractivity contribution in [3.63, 3.8) is 0 Å². The number of ether oxygens (including phenoxy) is 1. The zero-order valence-corrected chi connectivity index (χ0v) is 16.9. The number of hydrogen-bond donors (Lipinski definition) is 3. The first-order valence-electron chi connectivity index (χ1n) is 10.2. The second-order valence-corrected chi connectivity index (χ2v) is 7.82. The summed E-state index contributed by atoms with van der Waals surface area (Å²) in [5.74, 6) is -0.423. The van der Waals surface area contributed by atoms with E-state index in [9.17, 15) is 9.59 Å². The van der Waals surface area contributed by atoms with Crippen LogP contribution < -0.4 is 11.1 Å². The van der Waals surface area contributed by atoms with Crippen molar-refractivity contribution in [3.05, 3.63) is 48.7 Å². The van der Waals surface area contributed by atoms with Gasteiger partial charge in [-0.2, -0.15) is 0 Å². The summed E-state index contributed by atoms with van der Waals surface area (Å²) in [4.78, 5) is 32.3. The van der Waals surface area contributed by atoms with Crippen LogP contribution in [0.3, 0.4) is 0 Å². The highest BCUT2D eigenvalue weighted by Crippen LogP contribution is 2.33. The molecule has 0 bridgehead atoms. The largest absolute Gasteiger partial charge is 0.468 e. The maximum absolute atomic E-state index is 12.9. The quantitative estimate of drug-likeness (QED) is 0.562. The fraction of sp³-hybridized carbons (Fsp3) is 0.348. The number of methoxy groups -OCH3 is 1. The van der Waals surface area contributed by atoms with Crippen LogP contribution in [0.1, 0.15) is 25.7 Å². The summed E-state index contributed by atoms with van der Waals surface area (Å²) < 4.78 is 4.74. The lowest BCUT2D eigenvalue weighted by Gasteiger charge is -2.30. The number of aromatic nitrogens is 2. The highest BCUT2D eigenvalue weighted by molar-refractivity contribution is 6.02. The Morgan fingerprint density at radius 1 is 1.17 bits per heavy atom. The van der Waals surface area contributed by atoms with Gasteiger partial charge in [0, 0.05) is 23.2 Å². The van der Waals surface area contributed by atoms with Crippen molar-refractivity contribution in [3.8, 4) is 11.3 Å². The van der Waals surface area contributed by atoms with Crippen LogP contribution in [-0.2, 0) is 14.3 Å². The van der Waals surface area contributed by atoms with Crippen LogP contribution in [0, 0.1) is 11.8 Å². The van der Waals surface area contributed by atoms with Gasteiger partial charge in [0.25, 0.3) is 0 Å². The molecule has 1 aliphatic carbocycles. The average Bonchev–Trinajstić information content (AvgIpc) is 3.24. The van der Waals surface area contributed by atoms with Crippen LogP contribution in [0.15, 0.2) is 48.7 Å². The number of amides is 1. The normalized spacial score (nSPS) is 19.9. The molecule has 4 N–H and O–H groups in total. The summed E-state index contributed by atoms with van der Waals surface area (Å²) >= 11 is 0. The van der Waals surface area contributed by atoms with E-state index in [1.807, 2.05) is 42.5 Å². The molecule has 1 aromatic carbocycles. The number of nitrogens with two attached hydrogens (primary N) is 1. The molecule has 7 nitrogen and oxygen atoms in total. The summed E-state index contributed by atoms with van der Waals surface area (Å²) in [6.45, 7) is 0. The van der Waals surface area contributed by atoms with Crippen LogP contribution in [-0.4, -0.2) is 35.0 Å². The Kier molecular flexibility index (Phi) is 5.81. The van der Waals surface area contributed by atoms with E-state index in [-0.39, 0.29) is 23.7 Å².